The number of hydrogen-bond acceptors (Lipinski definition) is 3. The second-order valence-electron chi connectivity index (χ2n) is 2.98. The molecule has 1 aromatic heterocycles. The van der Waals surface area contributed by atoms with Gasteiger partial charge in [-0.2, -0.15) is 0 Å². The molecule has 0 radical (unpaired) electrons. The van der Waals surface area contributed by atoms with E-state index >= 15 is 0 Å². The van der Waals surface area contributed by atoms with Crippen LogP contribution >= 0.6 is 11.3 Å². The number of hydrogen-bond donors (Lipinski definition) is 1. The molecule has 2 nitrogen and oxygen atoms in total. The van der Waals surface area contributed by atoms with Gasteiger partial charge in [-0.25, -0.2) is 0 Å². The van der Waals surface area contributed by atoms with E-state index in [0.717, 1.165) is 23.4 Å². The highest BCUT2D eigenvalue weighted by Crippen LogP contribution is 2.14. The van der Waals surface area contributed by atoms with Crippen molar-refractivity contribution in [1.29, 1.82) is 0 Å². The average Bonchev–Trinajstić information content (AvgIpc) is 2.65. The first-order valence-corrected chi connectivity index (χ1v) is 5.51. The van der Waals surface area contributed by atoms with Crippen molar-refractivity contribution in [3.8, 4) is 0 Å². The second kappa shape index (κ2) is 5.75. The standard InChI is InChI=1S/C10H15NOS/c1-2-3-4-6-9(11-12)10-7-5-8-13-10/h5,7-8,12H,2-4,6H2,1H3. The summed E-state index contributed by atoms with van der Waals surface area (Å²) in [7, 11) is 0. The third-order valence-corrected chi connectivity index (χ3v) is 2.86. The molecule has 13 heavy (non-hydrogen) atoms. The van der Waals surface area contributed by atoms with Gasteiger partial charge in [0.15, 0.2) is 0 Å². The van der Waals surface area contributed by atoms with Gasteiger partial charge in [-0.15, -0.1) is 11.3 Å². The lowest BCUT2D eigenvalue weighted by molar-refractivity contribution is 0.318. The number of thiophene rings is 1. The fraction of sp³-hybridized carbons (Fsp3) is 0.500. The van der Waals surface area contributed by atoms with Gasteiger partial charge < -0.3 is 5.21 Å². The summed E-state index contributed by atoms with van der Waals surface area (Å²) in [5.74, 6) is 0. The van der Waals surface area contributed by atoms with Crippen molar-refractivity contribution >= 4 is 17.0 Å². The average molecular weight is 197 g/mol. The lowest BCUT2D eigenvalue weighted by Crippen LogP contribution is -1.97. The maximum atomic E-state index is 8.79. The topological polar surface area (TPSA) is 32.6 Å². The monoisotopic (exact) mass is 197 g/mol. The van der Waals surface area contributed by atoms with E-state index in [2.05, 4.69) is 12.1 Å². The van der Waals surface area contributed by atoms with Crippen LogP contribution in [-0.4, -0.2) is 10.9 Å². The van der Waals surface area contributed by atoms with Gasteiger partial charge in [0.05, 0.1) is 10.6 Å². The van der Waals surface area contributed by atoms with E-state index in [1.165, 1.54) is 12.8 Å². The number of rotatable bonds is 5. The first kappa shape index (κ1) is 10.3. The SMILES string of the molecule is CCCCCC(=NO)c1cccs1. The zero-order valence-electron chi connectivity index (χ0n) is 7.86. The molecule has 0 atom stereocenters. The van der Waals surface area contributed by atoms with Crippen LogP contribution in [0.15, 0.2) is 22.7 Å². The summed E-state index contributed by atoms with van der Waals surface area (Å²) >= 11 is 1.62. The molecule has 1 rings (SSSR count). The van der Waals surface area contributed by atoms with Gasteiger partial charge in [0.25, 0.3) is 0 Å². The second-order valence-corrected chi connectivity index (χ2v) is 3.93. The van der Waals surface area contributed by atoms with Crippen LogP contribution in [-0.2, 0) is 0 Å². The Morgan fingerprint density at radius 3 is 2.92 bits per heavy atom. The molecule has 0 unspecified atom stereocenters. The summed E-state index contributed by atoms with van der Waals surface area (Å²) in [5, 5.41) is 14.1. The zero-order chi connectivity index (χ0) is 9.52. The largest absolute Gasteiger partial charge is 0.411 e. The molecular formula is C10H15NOS. The molecule has 3 heteroatoms. The highest BCUT2D eigenvalue weighted by Gasteiger charge is 2.04. The minimum atomic E-state index is 0.823. The van der Waals surface area contributed by atoms with Crippen LogP contribution in [0, 0.1) is 0 Å². The normalized spacial score (nSPS) is 11.9. The minimum Gasteiger partial charge on any atom is -0.411 e. The van der Waals surface area contributed by atoms with Crippen LogP contribution in [0.1, 0.15) is 37.5 Å². The lowest BCUT2D eigenvalue weighted by Gasteiger charge is -1.99. The van der Waals surface area contributed by atoms with Gasteiger partial charge in [0, 0.05) is 0 Å². The van der Waals surface area contributed by atoms with Crippen LogP contribution < -0.4 is 0 Å². The molecule has 0 spiro atoms. The Kier molecular flexibility index (Phi) is 4.54. The lowest BCUT2D eigenvalue weighted by atomic mass is 10.1. The van der Waals surface area contributed by atoms with Crippen molar-refractivity contribution in [3.05, 3.63) is 22.4 Å². The molecule has 0 bridgehead atoms. The summed E-state index contributed by atoms with van der Waals surface area (Å²) in [5.41, 5.74) is 0.823. The van der Waals surface area contributed by atoms with Crippen molar-refractivity contribution in [2.75, 3.05) is 0 Å². The first-order valence-electron chi connectivity index (χ1n) is 4.63. The Balaban J connectivity index is 2.46. The molecule has 0 fully saturated rings. The van der Waals surface area contributed by atoms with Gasteiger partial charge in [0.1, 0.15) is 0 Å². The van der Waals surface area contributed by atoms with Crippen molar-refractivity contribution in [3.63, 3.8) is 0 Å². The van der Waals surface area contributed by atoms with Crippen LogP contribution in [0.5, 0.6) is 0 Å². The Labute approximate surface area is 82.9 Å². The molecule has 0 aliphatic rings. The van der Waals surface area contributed by atoms with Gasteiger partial charge in [-0.3, -0.25) is 0 Å². The summed E-state index contributed by atoms with van der Waals surface area (Å²) in [6.45, 7) is 2.17. The van der Waals surface area contributed by atoms with Crippen molar-refractivity contribution in [1.82, 2.24) is 0 Å². The number of unbranched alkanes of at least 4 members (excludes halogenated alkanes) is 2. The Hall–Kier alpha value is -0.830. The van der Waals surface area contributed by atoms with Crippen LogP contribution in [0.4, 0.5) is 0 Å². The van der Waals surface area contributed by atoms with Crippen molar-refractivity contribution in [2.24, 2.45) is 5.16 Å². The van der Waals surface area contributed by atoms with Gasteiger partial charge >= 0.3 is 0 Å². The molecular weight excluding hydrogens is 182 g/mol. The van der Waals surface area contributed by atoms with E-state index in [-0.39, 0.29) is 0 Å². The molecule has 1 aromatic rings. The molecule has 1 N–H and O–H groups in total. The first-order chi connectivity index (χ1) is 6.38. The minimum absolute atomic E-state index is 0.823. The highest BCUT2D eigenvalue weighted by molar-refractivity contribution is 7.12. The predicted molar refractivity (Wildman–Crippen MR) is 56.8 cm³/mol. The van der Waals surface area contributed by atoms with E-state index in [4.69, 9.17) is 5.21 Å². The number of oxime groups is 1. The fourth-order valence-electron chi connectivity index (χ4n) is 1.21. The molecule has 0 saturated heterocycles. The summed E-state index contributed by atoms with van der Waals surface area (Å²) in [4.78, 5) is 1.08. The quantitative estimate of drug-likeness (QED) is 0.333. The smallest absolute Gasteiger partial charge is 0.0967 e. The van der Waals surface area contributed by atoms with E-state index in [1.807, 2.05) is 17.5 Å². The fourth-order valence-corrected chi connectivity index (χ4v) is 1.95. The third kappa shape index (κ3) is 3.19. The summed E-state index contributed by atoms with van der Waals surface area (Å²) in [6, 6.07) is 3.97. The van der Waals surface area contributed by atoms with Crippen LogP contribution in [0.3, 0.4) is 0 Å². The van der Waals surface area contributed by atoms with E-state index < -0.39 is 0 Å². The highest BCUT2D eigenvalue weighted by atomic mass is 32.1. The Morgan fingerprint density at radius 2 is 2.38 bits per heavy atom. The molecule has 0 aliphatic carbocycles. The van der Waals surface area contributed by atoms with Crippen LogP contribution in [0.2, 0.25) is 0 Å². The van der Waals surface area contributed by atoms with Crippen LogP contribution in [0.25, 0.3) is 0 Å². The van der Waals surface area contributed by atoms with Gasteiger partial charge in [-0.05, 0) is 24.3 Å². The Bertz CT molecular complexity index is 254. The molecule has 0 aliphatic heterocycles. The summed E-state index contributed by atoms with van der Waals surface area (Å²) in [6.07, 6.45) is 4.38. The molecule has 0 amide bonds. The van der Waals surface area contributed by atoms with Gasteiger partial charge in [-0.1, -0.05) is 31.0 Å². The Morgan fingerprint density at radius 1 is 1.54 bits per heavy atom. The molecule has 0 saturated carbocycles. The van der Waals surface area contributed by atoms with E-state index in [0.29, 0.717) is 0 Å². The molecule has 0 aromatic carbocycles. The third-order valence-electron chi connectivity index (χ3n) is 1.94. The van der Waals surface area contributed by atoms with Gasteiger partial charge in [0.2, 0.25) is 0 Å². The zero-order valence-corrected chi connectivity index (χ0v) is 8.68. The maximum absolute atomic E-state index is 8.79. The molecule has 72 valence electrons. The number of nitrogens with zero attached hydrogens (tertiary/aromatic N) is 1. The van der Waals surface area contributed by atoms with E-state index in [9.17, 15) is 0 Å². The van der Waals surface area contributed by atoms with Crippen molar-refractivity contribution < 1.29 is 5.21 Å². The van der Waals surface area contributed by atoms with Crippen molar-refractivity contribution in [2.45, 2.75) is 32.6 Å². The summed E-state index contributed by atoms with van der Waals surface area (Å²) < 4.78 is 0. The predicted octanol–water partition coefficient (Wildman–Crippen LogP) is 3.51. The molecule has 1 heterocycles. The maximum Gasteiger partial charge on any atom is 0.0967 e. The van der Waals surface area contributed by atoms with E-state index in [1.54, 1.807) is 11.3 Å².